The van der Waals surface area contributed by atoms with Crippen molar-refractivity contribution in [2.75, 3.05) is 13.1 Å². The SMILES string of the molecule is O=C(C=Cc1cccs1)c1ccc(S(=O)(=O)N2CCCC2)cc1. The summed E-state index contributed by atoms with van der Waals surface area (Å²) in [7, 11) is -3.42. The highest BCUT2D eigenvalue weighted by Gasteiger charge is 2.26. The van der Waals surface area contributed by atoms with Crippen LogP contribution >= 0.6 is 11.3 Å². The summed E-state index contributed by atoms with van der Waals surface area (Å²) < 4.78 is 26.4. The standard InChI is InChI=1S/C17H17NO3S2/c19-17(10-7-15-4-3-13-22-15)14-5-8-16(9-6-14)23(20,21)18-11-1-2-12-18/h3-10,13H,1-2,11-12H2. The summed E-state index contributed by atoms with van der Waals surface area (Å²) in [6, 6.07) is 10.0. The molecule has 1 saturated heterocycles. The average molecular weight is 347 g/mol. The van der Waals surface area contributed by atoms with Crippen molar-refractivity contribution in [3.8, 4) is 0 Å². The molecular formula is C17H17NO3S2. The Morgan fingerprint density at radius 3 is 2.39 bits per heavy atom. The first-order chi connectivity index (χ1) is 11.1. The fourth-order valence-corrected chi connectivity index (χ4v) is 4.64. The first-order valence-corrected chi connectivity index (χ1v) is 9.75. The molecule has 1 aromatic carbocycles. The van der Waals surface area contributed by atoms with Crippen molar-refractivity contribution >= 4 is 33.2 Å². The summed E-state index contributed by atoms with van der Waals surface area (Å²) in [4.78, 5) is 13.4. The normalized spacial score (nSPS) is 16.2. The molecule has 0 saturated carbocycles. The first-order valence-electron chi connectivity index (χ1n) is 7.43. The quantitative estimate of drug-likeness (QED) is 0.615. The van der Waals surface area contributed by atoms with Crippen molar-refractivity contribution in [1.82, 2.24) is 4.31 Å². The monoisotopic (exact) mass is 347 g/mol. The maximum Gasteiger partial charge on any atom is 0.243 e. The van der Waals surface area contributed by atoms with Crippen LogP contribution in [0.4, 0.5) is 0 Å². The van der Waals surface area contributed by atoms with E-state index >= 15 is 0 Å². The van der Waals surface area contributed by atoms with E-state index in [2.05, 4.69) is 0 Å². The van der Waals surface area contributed by atoms with Crippen LogP contribution in [0, 0.1) is 0 Å². The van der Waals surface area contributed by atoms with Gasteiger partial charge in [-0.1, -0.05) is 6.07 Å². The summed E-state index contributed by atoms with van der Waals surface area (Å²) in [5.41, 5.74) is 0.484. The second kappa shape index (κ2) is 6.78. The summed E-state index contributed by atoms with van der Waals surface area (Å²) in [6.45, 7) is 1.15. The van der Waals surface area contributed by atoms with Crippen molar-refractivity contribution in [1.29, 1.82) is 0 Å². The molecule has 2 heterocycles. The van der Waals surface area contributed by atoms with Gasteiger partial charge in [0.15, 0.2) is 5.78 Å². The third-order valence-electron chi connectivity index (χ3n) is 3.78. The molecule has 0 bridgehead atoms. The Hall–Kier alpha value is -1.76. The van der Waals surface area contributed by atoms with Crippen LogP contribution in [0.15, 0.2) is 52.7 Å². The zero-order valence-corrected chi connectivity index (χ0v) is 14.1. The smallest absolute Gasteiger partial charge is 0.243 e. The second-order valence-electron chi connectivity index (χ2n) is 5.35. The molecule has 0 radical (unpaired) electrons. The number of sulfonamides is 1. The molecule has 6 heteroatoms. The Kier molecular flexibility index (Phi) is 4.75. The number of rotatable bonds is 5. The maximum absolute atomic E-state index is 12.4. The van der Waals surface area contributed by atoms with E-state index in [1.54, 1.807) is 29.5 Å². The number of hydrogen-bond acceptors (Lipinski definition) is 4. The lowest BCUT2D eigenvalue weighted by Gasteiger charge is -2.15. The molecule has 4 nitrogen and oxygen atoms in total. The van der Waals surface area contributed by atoms with E-state index in [9.17, 15) is 13.2 Å². The van der Waals surface area contributed by atoms with E-state index in [4.69, 9.17) is 0 Å². The fraction of sp³-hybridized carbons (Fsp3) is 0.235. The lowest BCUT2D eigenvalue weighted by molar-refractivity contribution is 0.104. The number of benzene rings is 1. The van der Waals surface area contributed by atoms with Crippen LogP contribution in [0.25, 0.3) is 6.08 Å². The van der Waals surface area contributed by atoms with Gasteiger partial charge in [-0.2, -0.15) is 4.31 Å². The number of allylic oxidation sites excluding steroid dienone is 1. The van der Waals surface area contributed by atoms with Crippen molar-refractivity contribution in [3.05, 3.63) is 58.3 Å². The van der Waals surface area contributed by atoms with Crippen LogP contribution in [0.2, 0.25) is 0 Å². The van der Waals surface area contributed by atoms with Gasteiger partial charge in [0.2, 0.25) is 10.0 Å². The highest BCUT2D eigenvalue weighted by Crippen LogP contribution is 2.21. The molecule has 1 aliphatic rings. The average Bonchev–Trinajstić information content (AvgIpc) is 3.26. The lowest BCUT2D eigenvalue weighted by Crippen LogP contribution is -2.27. The van der Waals surface area contributed by atoms with E-state index in [0.29, 0.717) is 18.7 Å². The van der Waals surface area contributed by atoms with Gasteiger partial charge >= 0.3 is 0 Å². The molecule has 120 valence electrons. The van der Waals surface area contributed by atoms with Crippen molar-refractivity contribution in [2.24, 2.45) is 0 Å². The van der Waals surface area contributed by atoms with Crippen molar-refractivity contribution in [3.63, 3.8) is 0 Å². The van der Waals surface area contributed by atoms with E-state index in [-0.39, 0.29) is 10.7 Å². The summed E-state index contributed by atoms with van der Waals surface area (Å²) in [5, 5.41) is 1.95. The summed E-state index contributed by atoms with van der Waals surface area (Å²) >= 11 is 1.56. The zero-order chi connectivity index (χ0) is 16.3. The molecule has 0 atom stereocenters. The molecule has 0 spiro atoms. The second-order valence-corrected chi connectivity index (χ2v) is 8.27. The van der Waals surface area contributed by atoms with Crippen LogP contribution in [0.3, 0.4) is 0 Å². The Bertz CT molecular complexity index is 800. The highest BCUT2D eigenvalue weighted by atomic mass is 32.2. The van der Waals surface area contributed by atoms with E-state index in [1.807, 2.05) is 17.5 Å². The van der Waals surface area contributed by atoms with Gasteiger partial charge in [0.05, 0.1) is 4.90 Å². The van der Waals surface area contributed by atoms with Gasteiger partial charge in [-0.15, -0.1) is 11.3 Å². The van der Waals surface area contributed by atoms with Gasteiger partial charge in [-0.3, -0.25) is 4.79 Å². The predicted octanol–water partition coefficient (Wildman–Crippen LogP) is 3.43. The van der Waals surface area contributed by atoms with Crippen molar-refractivity contribution in [2.45, 2.75) is 17.7 Å². The Labute approximate surface area is 140 Å². The third-order valence-corrected chi connectivity index (χ3v) is 6.53. The molecule has 23 heavy (non-hydrogen) atoms. The minimum Gasteiger partial charge on any atom is -0.289 e. The Morgan fingerprint density at radius 2 is 1.78 bits per heavy atom. The molecule has 0 amide bonds. The van der Waals surface area contributed by atoms with Gasteiger partial charge in [-0.25, -0.2) is 8.42 Å². The molecule has 1 aromatic heterocycles. The minimum absolute atomic E-state index is 0.136. The van der Waals surface area contributed by atoms with Gasteiger partial charge in [0.25, 0.3) is 0 Å². The van der Waals surface area contributed by atoms with E-state index < -0.39 is 10.0 Å². The molecule has 1 aliphatic heterocycles. The number of carbonyl (C=O) groups is 1. The minimum atomic E-state index is -3.42. The Morgan fingerprint density at radius 1 is 1.09 bits per heavy atom. The number of thiophene rings is 1. The van der Waals surface area contributed by atoms with Crippen molar-refractivity contribution < 1.29 is 13.2 Å². The number of ketones is 1. The van der Waals surface area contributed by atoms with Crippen LogP contribution in [0.5, 0.6) is 0 Å². The molecule has 0 unspecified atom stereocenters. The van der Waals surface area contributed by atoms with Crippen LogP contribution in [-0.2, 0) is 10.0 Å². The van der Waals surface area contributed by atoms with E-state index in [0.717, 1.165) is 17.7 Å². The topological polar surface area (TPSA) is 54.5 Å². The predicted molar refractivity (Wildman–Crippen MR) is 92.1 cm³/mol. The highest BCUT2D eigenvalue weighted by molar-refractivity contribution is 7.89. The Balaban J connectivity index is 1.75. The fourth-order valence-electron chi connectivity index (χ4n) is 2.51. The lowest BCUT2D eigenvalue weighted by atomic mass is 10.1. The summed E-state index contributed by atoms with van der Waals surface area (Å²) in [5.74, 6) is -0.136. The third kappa shape index (κ3) is 3.60. The molecule has 0 aliphatic carbocycles. The van der Waals surface area contributed by atoms with Crippen LogP contribution < -0.4 is 0 Å². The molecule has 0 N–H and O–H groups in total. The molecule has 2 aromatic rings. The van der Waals surface area contributed by atoms with Gasteiger partial charge in [0, 0.05) is 23.5 Å². The maximum atomic E-state index is 12.4. The van der Waals surface area contributed by atoms with Crippen LogP contribution in [0.1, 0.15) is 28.1 Å². The van der Waals surface area contributed by atoms with Crippen LogP contribution in [-0.4, -0.2) is 31.6 Å². The number of carbonyl (C=O) groups excluding carboxylic acids is 1. The molecule has 1 fully saturated rings. The van der Waals surface area contributed by atoms with Gasteiger partial charge in [0.1, 0.15) is 0 Å². The first kappa shape index (κ1) is 16.1. The largest absolute Gasteiger partial charge is 0.289 e. The molecule has 3 rings (SSSR count). The van der Waals surface area contributed by atoms with Gasteiger partial charge in [-0.05, 0) is 60.7 Å². The van der Waals surface area contributed by atoms with Gasteiger partial charge < -0.3 is 0 Å². The number of nitrogens with zero attached hydrogens (tertiary/aromatic N) is 1. The zero-order valence-electron chi connectivity index (χ0n) is 12.5. The number of hydrogen-bond donors (Lipinski definition) is 0. The van der Waals surface area contributed by atoms with E-state index in [1.165, 1.54) is 22.5 Å². The summed E-state index contributed by atoms with van der Waals surface area (Å²) in [6.07, 6.45) is 5.09. The molecular weight excluding hydrogens is 330 g/mol.